The minimum atomic E-state index is -1.13. The van der Waals surface area contributed by atoms with Gasteiger partial charge in [-0.3, -0.25) is 0 Å². The van der Waals surface area contributed by atoms with Crippen LogP contribution in [0.2, 0.25) is 0 Å². The van der Waals surface area contributed by atoms with Crippen molar-refractivity contribution in [2.75, 3.05) is 33.0 Å². The van der Waals surface area contributed by atoms with Crippen molar-refractivity contribution >= 4 is 0 Å². The maximum Gasteiger partial charge on any atom is 0.142 e. The molecule has 6 nitrogen and oxygen atoms in total. The topological polar surface area (TPSA) is 82.0 Å². The highest BCUT2D eigenvalue weighted by Crippen LogP contribution is 2.15. The third kappa shape index (κ3) is 19.1. The average molecular weight is 406 g/mol. The van der Waals surface area contributed by atoms with Gasteiger partial charge in [-0.25, -0.2) is 0 Å². The highest BCUT2D eigenvalue weighted by molar-refractivity contribution is 4.49. The van der Waals surface area contributed by atoms with Crippen LogP contribution in [0.5, 0.6) is 0 Å². The molecule has 0 aliphatic heterocycles. The van der Waals surface area contributed by atoms with Gasteiger partial charge in [-0.2, -0.15) is 9.68 Å². The van der Waals surface area contributed by atoms with Crippen LogP contribution in [-0.4, -0.2) is 48.2 Å². The minimum absolute atomic E-state index is 0.00447. The second kappa shape index (κ2) is 21.5. The maximum absolute atomic E-state index is 12.5. The van der Waals surface area contributed by atoms with Crippen LogP contribution >= 0.6 is 0 Å². The largest absolute Gasteiger partial charge is 0.564 e. The summed E-state index contributed by atoms with van der Waals surface area (Å²) >= 11 is 0. The van der Waals surface area contributed by atoms with E-state index >= 15 is 0 Å². The highest BCUT2D eigenvalue weighted by atomic mass is 17.2. The summed E-state index contributed by atoms with van der Waals surface area (Å²) in [6.45, 7) is 2.87. The van der Waals surface area contributed by atoms with E-state index in [9.17, 15) is 5.21 Å². The van der Waals surface area contributed by atoms with Gasteiger partial charge < -0.3 is 15.4 Å². The third-order valence-electron chi connectivity index (χ3n) is 4.97. The summed E-state index contributed by atoms with van der Waals surface area (Å²) in [5.74, 6) is 0. The molecule has 0 atom stereocenters. The molecule has 0 aromatic heterocycles. The van der Waals surface area contributed by atoms with E-state index in [1.807, 2.05) is 0 Å². The molecule has 0 unspecified atom stereocenters. The standard InChI is InChI=1S/C22H47NO5/c1-2-3-4-5-6-7-8-9-10-11-12-13-14-15-18-23(26,27-21-16-19-24)28-22-17-20-25/h24-25H,2-22H2,1H3. The van der Waals surface area contributed by atoms with Crippen LogP contribution in [0.25, 0.3) is 0 Å². The van der Waals surface area contributed by atoms with Crippen LogP contribution in [0, 0.1) is 5.21 Å². The monoisotopic (exact) mass is 405 g/mol. The lowest BCUT2D eigenvalue weighted by Crippen LogP contribution is -2.43. The normalized spacial score (nSPS) is 12.0. The second-order valence-corrected chi connectivity index (χ2v) is 7.75. The molecule has 0 aromatic carbocycles. The fourth-order valence-electron chi connectivity index (χ4n) is 3.20. The fourth-order valence-corrected chi connectivity index (χ4v) is 3.20. The van der Waals surface area contributed by atoms with Crippen molar-refractivity contribution < 1.29 is 24.9 Å². The number of rotatable bonds is 23. The van der Waals surface area contributed by atoms with Gasteiger partial charge in [-0.05, 0) is 19.3 Å². The van der Waals surface area contributed by atoms with E-state index in [2.05, 4.69) is 6.92 Å². The van der Waals surface area contributed by atoms with Gasteiger partial charge in [0, 0.05) is 19.6 Å². The van der Waals surface area contributed by atoms with Crippen LogP contribution in [-0.2, 0) is 9.68 Å². The molecule has 0 aliphatic rings. The minimum Gasteiger partial charge on any atom is -0.564 e. The number of aliphatic hydroxyl groups is 2. The number of hydroxylamine groups is 3. The second-order valence-electron chi connectivity index (χ2n) is 7.75. The fraction of sp³-hybridized carbons (Fsp3) is 1.00. The number of nitrogens with zero attached hydrogens (tertiary/aromatic N) is 1. The summed E-state index contributed by atoms with van der Waals surface area (Å²) in [7, 11) is 0. The zero-order valence-corrected chi connectivity index (χ0v) is 18.4. The molecule has 0 heterocycles. The van der Waals surface area contributed by atoms with Crippen molar-refractivity contribution in [1.29, 1.82) is 0 Å². The molecular formula is C22H47NO5. The molecule has 0 saturated carbocycles. The van der Waals surface area contributed by atoms with E-state index in [-0.39, 0.29) is 33.0 Å². The molecule has 28 heavy (non-hydrogen) atoms. The number of hydrogen-bond donors (Lipinski definition) is 2. The van der Waals surface area contributed by atoms with E-state index in [4.69, 9.17) is 19.9 Å². The molecule has 170 valence electrons. The molecular weight excluding hydrogens is 358 g/mol. The first-order valence-electron chi connectivity index (χ1n) is 11.8. The van der Waals surface area contributed by atoms with E-state index in [0.717, 1.165) is 19.3 Å². The number of aliphatic hydroxyl groups excluding tert-OH is 2. The quantitative estimate of drug-likeness (QED) is 0.135. The molecule has 0 amide bonds. The van der Waals surface area contributed by atoms with Crippen LogP contribution in [0.4, 0.5) is 0 Å². The lowest BCUT2D eigenvalue weighted by Gasteiger charge is -2.35. The van der Waals surface area contributed by atoms with E-state index in [0.29, 0.717) is 12.8 Å². The van der Waals surface area contributed by atoms with Gasteiger partial charge in [-0.1, -0.05) is 88.9 Å². The first kappa shape index (κ1) is 27.8. The zero-order chi connectivity index (χ0) is 20.8. The molecule has 0 radical (unpaired) electrons. The SMILES string of the molecule is CCCCCCCCCCCCCCCC[N+]([O-])(OCCCO)OCCCO. The molecule has 0 rings (SSSR count). The van der Waals surface area contributed by atoms with Gasteiger partial charge in [0.2, 0.25) is 0 Å². The predicted molar refractivity (Wildman–Crippen MR) is 114 cm³/mol. The Bertz CT molecular complexity index is 295. The summed E-state index contributed by atoms with van der Waals surface area (Å²) in [6.07, 6.45) is 18.6. The van der Waals surface area contributed by atoms with E-state index in [1.54, 1.807) is 0 Å². The third-order valence-corrected chi connectivity index (χ3v) is 4.97. The van der Waals surface area contributed by atoms with E-state index < -0.39 is 4.97 Å². The lowest BCUT2D eigenvalue weighted by molar-refractivity contribution is -1.21. The summed E-state index contributed by atoms with van der Waals surface area (Å²) in [5, 5.41) is 30.1. The Morgan fingerprint density at radius 1 is 0.571 bits per heavy atom. The summed E-state index contributed by atoms with van der Waals surface area (Å²) in [4.78, 5) is 9.37. The molecule has 2 N–H and O–H groups in total. The van der Waals surface area contributed by atoms with Crippen LogP contribution in [0.15, 0.2) is 0 Å². The van der Waals surface area contributed by atoms with E-state index in [1.165, 1.54) is 70.6 Å². The van der Waals surface area contributed by atoms with Gasteiger partial charge in [0.1, 0.15) is 19.8 Å². The van der Waals surface area contributed by atoms with Crippen molar-refractivity contribution in [2.24, 2.45) is 0 Å². The van der Waals surface area contributed by atoms with Crippen molar-refractivity contribution in [3.05, 3.63) is 5.21 Å². The summed E-state index contributed by atoms with van der Waals surface area (Å²) in [6, 6.07) is 0. The Morgan fingerprint density at radius 2 is 0.929 bits per heavy atom. The lowest BCUT2D eigenvalue weighted by atomic mass is 10.0. The van der Waals surface area contributed by atoms with Gasteiger partial charge >= 0.3 is 0 Å². The van der Waals surface area contributed by atoms with Crippen molar-refractivity contribution in [1.82, 2.24) is 0 Å². The Labute approximate surface area is 173 Å². The van der Waals surface area contributed by atoms with Crippen molar-refractivity contribution in [3.63, 3.8) is 0 Å². The molecule has 0 aliphatic carbocycles. The van der Waals surface area contributed by atoms with Gasteiger partial charge in [-0.15, -0.1) is 0 Å². The Hall–Kier alpha value is -0.240. The summed E-state index contributed by atoms with van der Waals surface area (Å²) < 4.78 is 0. The summed E-state index contributed by atoms with van der Waals surface area (Å²) in [5.41, 5.74) is 0. The molecule has 0 saturated heterocycles. The highest BCUT2D eigenvalue weighted by Gasteiger charge is 2.20. The average Bonchev–Trinajstić information content (AvgIpc) is 2.69. The Balaban J connectivity index is 3.57. The van der Waals surface area contributed by atoms with Crippen LogP contribution < -0.4 is 0 Å². The zero-order valence-electron chi connectivity index (χ0n) is 18.4. The molecule has 0 fully saturated rings. The first-order valence-corrected chi connectivity index (χ1v) is 11.8. The predicted octanol–water partition coefficient (Wildman–Crippen LogP) is 5.41. The number of unbranched alkanes of at least 4 members (excludes halogenated alkanes) is 13. The number of quaternary nitrogens is 1. The van der Waals surface area contributed by atoms with Gasteiger partial charge in [0.05, 0.1) is 0 Å². The van der Waals surface area contributed by atoms with Gasteiger partial charge in [0.15, 0.2) is 0 Å². The number of hydrogen-bond acceptors (Lipinski definition) is 5. The maximum atomic E-state index is 12.5. The molecule has 0 spiro atoms. The molecule has 6 heteroatoms. The first-order chi connectivity index (χ1) is 13.7. The van der Waals surface area contributed by atoms with Crippen molar-refractivity contribution in [2.45, 2.75) is 110 Å². The van der Waals surface area contributed by atoms with Crippen molar-refractivity contribution in [3.8, 4) is 0 Å². The molecule has 0 aromatic rings. The van der Waals surface area contributed by atoms with Gasteiger partial charge in [0.25, 0.3) is 0 Å². The Kier molecular flexibility index (Phi) is 21.3. The Morgan fingerprint density at radius 3 is 1.29 bits per heavy atom. The van der Waals surface area contributed by atoms with Crippen LogP contribution in [0.1, 0.15) is 110 Å². The smallest absolute Gasteiger partial charge is 0.142 e. The molecule has 0 bridgehead atoms. The van der Waals surface area contributed by atoms with Crippen LogP contribution in [0.3, 0.4) is 0 Å².